The number of hydrogen-bond acceptors (Lipinski definition) is 6. The summed E-state index contributed by atoms with van der Waals surface area (Å²) in [5.41, 5.74) is 0. The Morgan fingerprint density at radius 3 is 0.897 bits per heavy atom. The Labute approximate surface area is 422 Å². The summed E-state index contributed by atoms with van der Waals surface area (Å²) >= 11 is 0. The third kappa shape index (κ3) is 54.3. The third-order valence-electron chi connectivity index (χ3n) is 13.1. The second-order valence-corrected chi connectivity index (χ2v) is 19.9. The van der Waals surface area contributed by atoms with Gasteiger partial charge in [-0.2, -0.15) is 0 Å². The molecule has 0 radical (unpaired) electrons. The van der Waals surface area contributed by atoms with Crippen LogP contribution in [-0.4, -0.2) is 37.2 Å². The van der Waals surface area contributed by atoms with E-state index >= 15 is 0 Å². The predicted molar refractivity (Wildman–Crippen MR) is 293 cm³/mol. The van der Waals surface area contributed by atoms with Crippen molar-refractivity contribution in [3.8, 4) is 0 Å². The summed E-state index contributed by atoms with van der Waals surface area (Å²) in [6, 6.07) is 0. The monoisotopic (exact) mass is 953 g/mol. The summed E-state index contributed by atoms with van der Waals surface area (Å²) in [5.74, 6) is -0.891. The number of esters is 3. The Bertz CT molecular complexity index is 1190. The van der Waals surface area contributed by atoms with Crippen LogP contribution in [0.4, 0.5) is 0 Å². The van der Waals surface area contributed by atoms with E-state index in [2.05, 4.69) is 69.4 Å². The highest BCUT2D eigenvalue weighted by molar-refractivity contribution is 5.71. The van der Waals surface area contributed by atoms with E-state index in [9.17, 15) is 14.4 Å². The van der Waals surface area contributed by atoms with E-state index < -0.39 is 6.10 Å². The number of allylic oxidation sites excluding steroid dienone is 8. The smallest absolute Gasteiger partial charge is 0.306 e. The topological polar surface area (TPSA) is 78.9 Å². The first-order valence-electron chi connectivity index (χ1n) is 29.6. The molecule has 1 unspecified atom stereocenters. The van der Waals surface area contributed by atoms with E-state index in [0.29, 0.717) is 19.3 Å². The fourth-order valence-electron chi connectivity index (χ4n) is 8.67. The fraction of sp³-hybridized carbons (Fsp3) is 0.823. The first-order chi connectivity index (χ1) is 33.5. The number of carbonyl (C=O) groups excluding carboxylic acids is 3. The van der Waals surface area contributed by atoms with Crippen LogP contribution < -0.4 is 0 Å². The second kappa shape index (κ2) is 57.0. The molecule has 0 heterocycles. The van der Waals surface area contributed by atoms with Crippen molar-refractivity contribution in [3.05, 3.63) is 48.6 Å². The van der Waals surface area contributed by atoms with Gasteiger partial charge in [-0.3, -0.25) is 14.4 Å². The van der Waals surface area contributed by atoms with Crippen LogP contribution in [0.15, 0.2) is 48.6 Å². The first kappa shape index (κ1) is 65.4. The molecule has 0 saturated heterocycles. The molecule has 0 rings (SSSR count). The number of hydrogen-bond donors (Lipinski definition) is 0. The lowest BCUT2D eigenvalue weighted by molar-refractivity contribution is -0.167. The highest BCUT2D eigenvalue weighted by Gasteiger charge is 2.19. The zero-order valence-corrected chi connectivity index (χ0v) is 45.4. The molecule has 0 bridgehead atoms. The summed E-state index contributed by atoms with van der Waals surface area (Å²) in [5, 5.41) is 0. The molecular formula is C62H112O6. The maximum Gasteiger partial charge on any atom is 0.306 e. The van der Waals surface area contributed by atoms with Gasteiger partial charge in [0.15, 0.2) is 6.10 Å². The van der Waals surface area contributed by atoms with Gasteiger partial charge in [0.1, 0.15) is 13.2 Å². The number of ether oxygens (including phenoxy) is 3. The molecule has 0 aliphatic carbocycles. The minimum absolute atomic E-state index is 0.0792. The maximum atomic E-state index is 12.8. The summed E-state index contributed by atoms with van der Waals surface area (Å²) in [7, 11) is 0. The Hall–Kier alpha value is -2.63. The van der Waals surface area contributed by atoms with Crippen LogP contribution in [0.2, 0.25) is 0 Å². The van der Waals surface area contributed by atoms with Gasteiger partial charge in [-0.1, -0.05) is 281 Å². The summed E-state index contributed by atoms with van der Waals surface area (Å²) in [6.07, 6.45) is 69.8. The zero-order valence-electron chi connectivity index (χ0n) is 45.4. The lowest BCUT2D eigenvalue weighted by Gasteiger charge is -2.18. The predicted octanol–water partition coefficient (Wildman–Crippen LogP) is 19.8. The van der Waals surface area contributed by atoms with Gasteiger partial charge in [-0.25, -0.2) is 0 Å². The van der Waals surface area contributed by atoms with Crippen molar-refractivity contribution in [1.82, 2.24) is 0 Å². The molecule has 396 valence electrons. The average Bonchev–Trinajstić information content (AvgIpc) is 3.34. The normalized spacial score (nSPS) is 12.3. The Kier molecular flexibility index (Phi) is 54.8. The van der Waals surface area contributed by atoms with Crippen LogP contribution in [0, 0.1) is 0 Å². The van der Waals surface area contributed by atoms with Gasteiger partial charge in [-0.05, 0) is 57.8 Å². The van der Waals surface area contributed by atoms with Crippen molar-refractivity contribution in [1.29, 1.82) is 0 Å². The second-order valence-electron chi connectivity index (χ2n) is 19.9. The summed E-state index contributed by atoms with van der Waals surface area (Å²) in [6.45, 7) is 6.53. The number of unbranched alkanes of at least 4 members (excludes halogenated alkanes) is 35. The molecule has 6 heteroatoms. The first-order valence-corrected chi connectivity index (χ1v) is 29.6. The molecule has 6 nitrogen and oxygen atoms in total. The zero-order chi connectivity index (χ0) is 49.3. The van der Waals surface area contributed by atoms with Gasteiger partial charge >= 0.3 is 17.9 Å². The molecular weight excluding hydrogens is 841 g/mol. The van der Waals surface area contributed by atoms with Gasteiger partial charge in [0.05, 0.1) is 0 Å². The van der Waals surface area contributed by atoms with Crippen LogP contribution in [-0.2, 0) is 28.6 Å². The van der Waals surface area contributed by atoms with Gasteiger partial charge < -0.3 is 14.2 Å². The molecule has 1 atom stereocenters. The van der Waals surface area contributed by atoms with E-state index in [1.54, 1.807) is 0 Å². The summed E-state index contributed by atoms with van der Waals surface area (Å²) < 4.78 is 16.8. The molecule has 68 heavy (non-hydrogen) atoms. The van der Waals surface area contributed by atoms with Gasteiger partial charge in [0, 0.05) is 19.3 Å². The van der Waals surface area contributed by atoms with E-state index in [1.807, 2.05) is 0 Å². The van der Waals surface area contributed by atoms with Crippen LogP contribution in [0.1, 0.15) is 310 Å². The average molecular weight is 954 g/mol. The molecule has 0 spiro atoms. The molecule has 0 fully saturated rings. The number of carbonyl (C=O) groups is 3. The van der Waals surface area contributed by atoms with Crippen molar-refractivity contribution in [2.24, 2.45) is 0 Å². The minimum Gasteiger partial charge on any atom is -0.462 e. The minimum atomic E-state index is -0.782. The molecule has 0 aromatic heterocycles. The van der Waals surface area contributed by atoms with Crippen LogP contribution in [0.25, 0.3) is 0 Å². The lowest BCUT2D eigenvalue weighted by Crippen LogP contribution is -2.30. The van der Waals surface area contributed by atoms with Crippen LogP contribution >= 0.6 is 0 Å². The van der Waals surface area contributed by atoms with E-state index in [1.165, 1.54) is 173 Å². The molecule has 0 aliphatic rings. The highest BCUT2D eigenvalue weighted by Crippen LogP contribution is 2.17. The maximum absolute atomic E-state index is 12.8. The van der Waals surface area contributed by atoms with Gasteiger partial charge in [-0.15, -0.1) is 0 Å². The largest absolute Gasteiger partial charge is 0.462 e. The SMILES string of the molecule is CC/C=C\C/C=C\C/C=C\C/C=C\CCCCCCC(=O)OC(COC(=O)CCCCCCCCCCC)COC(=O)CCCCCCCCCCCCCCCCCCCCCCCCCC. The molecule has 0 aromatic carbocycles. The van der Waals surface area contributed by atoms with Crippen molar-refractivity contribution >= 4 is 17.9 Å². The quantitative estimate of drug-likeness (QED) is 0.0262. The van der Waals surface area contributed by atoms with E-state index in [0.717, 1.165) is 96.3 Å². The van der Waals surface area contributed by atoms with Crippen molar-refractivity contribution < 1.29 is 28.6 Å². The van der Waals surface area contributed by atoms with Crippen molar-refractivity contribution in [2.75, 3.05) is 13.2 Å². The van der Waals surface area contributed by atoms with Gasteiger partial charge in [0.2, 0.25) is 0 Å². The van der Waals surface area contributed by atoms with Crippen LogP contribution in [0.3, 0.4) is 0 Å². The molecule has 0 aliphatic heterocycles. The standard InChI is InChI=1S/C62H112O6/c1-4-7-10-13-16-19-21-23-25-27-28-29-30-31-32-33-35-36-38-40-43-46-49-52-55-61(64)67-58-59(57-66-60(63)54-51-48-45-42-18-15-12-9-6-3)68-62(65)56-53-50-47-44-41-39-37-34-26-24-22-20-17-14-11-8-5-2/h8,11,17,20,24,26,37,39,59H,4-7,9-10,12-16,18-19,21-23,25,27-36,38,40-58H2,1-3H3/b11-8-,20-17-,26-24-,39-37-. The van der Waals surface area contributed by atoms with E-state index in [4.69, 9.17) is 14.2 Å². The van der Waals surface area contributed by atoms with Crippen LogP contribution in [0.5, 0.6) is 0 Å². The molecule has 0 amide bonds. The Morgan fingerprint density at radius 2 is 0.574 bits per heavy atom. The fourth-order valence-corrected chi connectivity index (χ4v) is 8.67. The highest BCUT2D eigenvalue weighted by atomic mass is 16.6. The Balaban J connectivity index is 4.21. The summed E-state index contributed by atoms with van der Waals surface area (Å²) in [4.78, 5) is 38.0. The van der Waals surface area contributed by atoms with E-state index in [-0.39, 0.29) is 31.1 Å². The molecule has 0 saturated carbocycles. The van der Waals surface area contributed by atoms with Crippen molar-refractivity contribution in [3.63, 3.8) is 0 Å². The molecule has 0 N–H and O–H groups in total. The third-order valence-corrected chi connectivity index (χ3v) is 13.1. The van der Waals surface area contributed by atoms with Crippen molar-refractivity contribution in [2.45, 2.75) is 316 Å². The Morgan fingerprint density at radius 1 is 0.309 bits per heavy atom. The molecule has 0 aromatic rings. The lowest BCUT2D eigenvalue weighted by atomic mass is 10.0. The van der Waals surface area contributed by atoms with Gasteiger partial charge in [0.25, 0.3) is 0 Å². The number of rotatable bonds is 54.